The van der Waals surface area contributed by atoms with Crippen LogP contribution < -0.4 is 10.1 Å². The molecular formula is C19H27NO3. The largest absolute Gasteiger partial charge is 0.494 e. The Morgan fingerprint density at radius 2 is 2.17 bits per heavy atom. The standard InChI is InChI=1S/C19H27NO3/c1-3-8-23-16-5-4-15(14(2)11-16)13-20-18(21)17-12-19(17)6-9-22-10-7-19/h4-5,11,17H,3,6-10,12-13H2,1-2H3,(H,20,21)/t17-/m1/s1. The van der Waals surface area contributed by atoms with Crippen LogP contribution in [0.3, 0.4) is 0 Å². The van der Waals surface area contributed by atoms with Gasteiger partial charge in [0.15, 0.2) is 0 Å². The summed E-state index contributed by atoms with van der Waals surface area (Å²) in [5, 5.41) is 3.12. The summed E-state index contributed by atoms with van der Waals surface area (Å²) in [7, 11) is 0. The molecule has 4 heteroatoms. The number of carbonyl (C=O) groups excluding carboxylic acids is 1. The highest BCUT2D eigenvalue weighted by Gasteiger charge is 2.57. The van der Waals surface area contributed by atoms with E-state index in [-0.39, 0.29) is 17.2 Å². The molecule has 1 atom stereocenters. The topological polar surface area (TPSA) is 47.6 Å². The van der Waals surface area contributed by atoms with Crippen molar-refractivity contribution in [2.45, 2.75) is 46.1 Å². The minimum absolute atomic E-state index is 0.193. The molecule has 126 valence electrons. The molecule has 0 radical (unpaired) electrons. The molecule has 1 spiro atoms. The third-order valence-corrected chi connectivity index (χ3v) is 5.23. The van der Waals surface area contributed by atoms with Crippen LogP contribution in [0, 0.1) is 18.3 Å². The van der Waals surface area contributed by atoms with Gasteiger partial charge in [-0.2, -0.15) is 0 Å². The molecule has 1 N–H and O–H groups in total. The Balaban J connectivity index is 1.51. The lowest BCUT2D eigenvalue weighted by atomic mass is 9.93. The summed E-state index contributed by atoms with van der Waals surface area (Å²) in [6, 6.07) is 6.09. The molecule has 1 saturated carbocycles. The first-order valence-electron chi connectivity index (χ1n) is 8.72. The number of nitrogens with one attached hydrogen (secondary N) is 1. The second-order valence-corrected chi connectivity index (χ2v) is 6.89. The molecule has 1 aliphatic carbocycles. The Morgan fingerprint density at radius 1 is 1.39 bits per heavy atom. The molecule has 1 aromatic rings. The number of amides is 1. The van der Waals surface area contributed by atoms with Crippen LogP contribution >= 0.6 is 0 Å². The van der Waals surface area contributed by atoms with Gasteiger partial charge >= 0.3 is 0 Å². The lowest BCUT2D eigenvalue weighted by Crippen LogP contribution is -2.29. The number of carbonyl (C=O) groups is 1. The summed E-state index contributed by atoms with van der Waals surface area (Å²) in [5.41, 5.74) is 2.56. The quantitative estimate of drug-likeness (QED) is 0.876. The first kappa shape index (κ1) is 16.3. The fraction of sp³-hybridized carbons (Fsp3) is 0.632. The van der Waals surface area contributed by atoms with Gasteiger partial charge in [0.25, 0.3) is 0 Å². The van der Waals surface area contributed by atoms with Crippen LogP contribution in [0.15, 0.2) is 18.2 Å². The van der Waals surface area contributed by atoms with Crippen molar-refractivity contribution >= 4 is 5.91 Å². The molecule has 0 aromatic heterocycles. The van der Waals surface area contributed by atoms with Crippen LogP contribution in [0.5, 0.6) is 5.75 Å². The summed E-state index contributed by atoms with van der Waals surface area (Å²) in [6.45, 7) is 7.12. The van der Waals surface area contributed by atoms with Gasteiger partial charge in [-0.15, -0.1) is 0 Å². The third-order valence-electron chi connectivity index (χ3n) is 5.23. The van der Waals surface area contributed by atoms with E-state index in [0.29, 0.717) is 6.54 Å². The second kappa shape index (κ2) is 6.91. The van der Waals surface area contributed by atoms with E-state index < -0.39 is 0 Å². The van der Waals surface area contributed by atoms with Crippen molar-refractivity contribution < 1.29 is 14.3 Å². The maximum atomic E-state index is 12.4. The van der Waals surface area contributed by atoms with E-state index in [4.69, 9.17) is 9.47 Å². The zero-order valence-electron chi connectivity index (χ0n) is 14.2. The molecule has 0 unspecified atom stereocenters. The van der Waals surface area contributed by atoms with E-state index in [1.165, 1.54) is 0 Å². The predicted molar refractivity (Wildman–Crippen MR) is 89.4 cm³/mol. The number of aryl methyl sites for hydroxylation is 1. The summed E-state index contributed by atoms with van der Waals surface area (Å²) >= 11 is 0. The van der Waals surface area contributed by atoms with Gasteiger partial charge in [-0.05, 0) is 61.3 Å². The van der Waals surface area contributed by atoms with Gasteiger partial charge in [0.05, 0.1) is 6.61 Å². The van der Waals surface area contributed by atoms with Crippen LogP contribution in [0.25, 0.3) is 0 Å². The summed E-state index contributed by atoms with van der Waals surface area (Å²) in [6.07, 6.45) is 4.11. The number of ether oxygens (including phenoxy) is 2. The van der Waals surface area contributed by atoms with E-state index >= 15 is 0 Å². The van der Waals surface area contributed by atoms with E-state index in [9.17, 15) is 4.79 Å². The van der Waals surface area contributed by atoms with E-state index in [1.54, 1.807) is 0 Å². The van der Waals surface area contributed by atoms with Crippen LogP contribution in [-0.4, -0.2) is 25.7 Å². The molecule has 2 fully saturated rings. The van der Waals surface area contributed by atoms with Gasteiger partial charge in [0.2, 0.25) is 5.91 Å². The van der Waals surface area contributed by atoms with Crippen LogP contribution in [0.2, 0.25) is 0 Å². The maximum absolute atomic E-state index is 12.4. The zero-order valence-corrected chi connectivity index (χ0v) is 14.2. The molecule has 1 heterocycles. The third kappa shape index (κ3) is 3.69. The maximum Gasteiger partial charge on any atom is 0.223 e. The molecule has 1 amide bonds. The Labute approximate surface area is 138 Å². The number of rotatable bonds is 6. The van der Waals surface area contributed by atoms with Gasteiger partial charge in [0.1, 0.15) is 5.75 Å². The fourth-order valence-corrected chi connectivity index (χ4v) is 3.53. The second-order valence-electron chi connectivity index (χ2n) is 6.89. The van der Waals surface area contributed by atoms with Gasteiger partial charge in [-0.25, -0.2) is 0 Å². The SMILES string of the molecule is CCCOc1ccc(CNC(=O)[C@H]2CC23CCOCC3)c(C)c1. The van der Waals surface area contributed by atoms with Crippen molar-refractivity contribution in [3.8, 4) is 5.75 Å². The van der Waals surface area contributed by atoms with Crippen molar-refractivity contribution in [2.75, 3.05) is 19.8 Å². The van der Waals surface area contributed by atoms with E-state index in [2.05, 4.69) is 25.2 Å². The molecule has 1 aromatic carbocycles. The average molecular weight is 317 g/mol. The lowest BCUT2D eigenvalue weighted by Gasteiger charge is -2.22. The minimum atomic E-state index is 0.193. The Kier molecular flexibility index (Phi) is 4.90. The van der Waals surface area contributed by atoms with Gasteiger partial charge in [0, 0.05) is 25.7 Å². The molecule has 23 heavy (non-hydrogen) atoms. The van der Waals surface area contributed by atoms with Gasteiger partial charge < -0.3 is 14.8 Å². The first-order valence-corrected chi connectivity index (χ1v) is 8.72. The highest BCUT2D eigenvalue weighted by Crippen LogP contribution is 2.59. The minimum Gasteiger partial charge on any atom is -0.494 e. The van der Waals surface area contributed by atoms with Gasteiger partial charge in [-0.1, -0.05) is 13.0 Å². The molecule has 1 saturated heterocycles. The van der Waals surface area contributed by atoms with Crippen LogP contribution in [-0.2, 0) is 16.1 Å². The number of hydrogen-bond donors (Lipinski definition) is 1. The Hall–Kier alpha value is -1.55. The summed E-state index contributed by atoms with van der Waals surface area (Å²) in [4.78, 5) is 12.4. The highest BCUT2D eigenvalue weighted by molar-refractivity contribution is 5.82. The predicted octanol–water partition coefficient (Wildman–Crippen LogP) is 3.22. The first-order chi connectivity index (χ1) is 11.1. The summed E-state index contributed by atoms with van der Waals surface area (Å²) < 4.78 is 11.1. The Morgan fingerprint density at radius 3 is 2.87 bits per heavy atom. The number of benzene rings is 1. The van der Waals surface area contributed by atoms with E-state index in [1.807, 2.05) is 12.1 Å². The zero-order chi connectivity index (χ0) is 16.3. The van der Waals surface area contributed by atoms with Gasteiger partial charge in [-0.3, -0.25) is 4.79 Å². The lowest BCUT2D eigenvalue weighted by molar-refractivity contribution is -0.123. The van der Waals surface area contributed by atoms with Crippen LogP contribution in [0.4, 0.5) is 0 Å². The monoisotopic (exact) mass is 317 g/mol. The summed E-state index contributed by atoms with van der Waals surface area (Å²) in [5.74, 6) is 1.30. The smallest absolute Gasteiger partial charge is 0.223 e. The number of hydrogen-bond acceptors (Lipinski definition) is 3. The molecule has 0 bridgehead atoms. The normalized spacial score (nSPS) is 21.9. The van der Waals surface area contributed by atoms with E-state index in [0.717, 1.165) is 62.4 Å². The molecule has 4 nitrogen and oxygen atoms in total. The molecule has 1 aliphatic heterocycles. The van der Waals surface area contributed by atoms with Crippen molar-refractivity contribution in [1.29, 1.82) is 0 Å². The van der Waals surface area contributed by atoms with Crippen molar-refractivity contribution in [3.63, 3.8) is 0 Å². The Bertz CT molecular complexity index is 564. The highest BCUT2D eigenvalue weighted by atomic mass is 16.5. The van der Waals surface area contributed by atoms with Crippen LogP contribution in [0.1, 0.15) is 43.7 Å². The molecule has 2 aliphatic rings. The van der Waals surface area contributed by atoms with Crippen molar-refractivity contribution in [2.24, 2.45) is 11.3 Å². The fourth-order valence-electron chi connectivity index (χ4n) is 3.53. The molecule has 3 rings (SSSR count). The van der Waals surface area contributed by atoms with Crippen molar-refractivity contribution in [3.05, 3.63) is 29.3 Å². The average Bonchev–Trinajstić information content (AvgIpc) is 3.25. The molecular weight excluding hydrogens is 290 g/mol. The van der Waals surface area contributed by atoms with Crippen molar-refractivity contribution in [1.82, 2.24) is 5.32 Å².